The van der Waals surface area contributed by atoms with Gasteiger partial charge in [-0.1, -0.05) is 19.1 Å². The van der Waals surface area contributed by atoms with Crippen molar-refractivity contribution in [3.05, 3.63) is 65.2 Å². The second kappa shape index (κ2) is 10.1. The van der Waals surface area contributed by atoms with Crippen LogP contribution in [0.2, 0.25) is 0 Å². The number of carbonyl (C=O) groups is 2. The molecule has 0 aliphatic carbocycles. The number of likely N-dealkylation sites (tertiary alicyclic amines) is 1. The Hall–Kier alpha value is -3.32. The van der Waals surface area contributed by atoms with E-state index in [-0.39, 0.29) is 17.4 Å². The Bertz CT molecular complexity index is 1020. The average molecular weight is 452 g/mol. The van der Waals surface area contributed by atoms with Crippen LogP contribution in [0.5, 0.6) is 11.5 Å². The lowest BCUT2D eigenvalue weighted by Crippen LogP contribution is -2.36. The summed E-state index contributed by atoms with van der Waals surface area (Å²) < 4.78 is 16.6. The fraction of sp³-hybridized carbons (Fsp3) is 0.385. The van der Waals surface area contributed by atoms with Gasteiger partial charge in [-0.2, -0.15) is 0 Å². The molecule has 2 fully saturated rings. The molecule has 2 aromatic carbocycles. The van der Waals surface area contributed by atoms with Crippen LogP contribution in [-0.2, 0) is 14.3 Å². The van der Waals surface area contributed by atoms with Crippen LogP contribution < -0.4 is 9.47 Å². The molecule has 0 saturated carbocycles. The van der Waals surface area contributed by atoms with Crippen molar-refractivity contribution < 1.29 is 28.9 Å². The maximum atomic E-state index is 13.1. The quantitative estimate of drug-likeness (QED) is 0.370. The van der Waals surface area contributed by atoms with Gasteiger partial charge in [-0.25, -0.2) is 0 Å². The molecule has 0 bridgehead atoms. The van der Waals surface area contributed by atoms with E-state index in [1.807, 2.05) is 31.2 Å². The summed E-state index contributed by atoms with van der Waals surface area (Å²) in [4.78, 5) is 27.7. The summed E-state index contributed by atoms with van der Waals surface area (Å²) >= 11 is 0. The number of amides is 1. The van der Waals surface area contributed by atoms with Crippen LogP contribution in [0.4, 0.5) is 0 Å². The molecule has 2 aliphatic heterocycles. The number of aliphatic hydroxyl groups excluding tert-OH is 1. The third-order valence-corrected chi connectivity index (χ3v) is 6.00. The molecular weight excluding hydrogens is 422 g/mol. The van der Waals surface area contributed by atoms with Crippen LogP contribution in [0.25, 0.3) is 5.76 Å². The molecule has 1 amide bonds. The molecule has 0 spiro atoms. The van der Waals surface area contributed by atoms with Crippen molar-refractivity contribution in [1.82, 2.24) is 4.90 Å². The number of nitrogens with zero attached hydrogens (tertiary/aromatic N) is 1. The molecule has 2 unspecified atom stereocenters. The Morgan fingerprint density at radius 1 is 1.09 bits per heavy atom. The fourth-order valence-corrected chi connectivity index (χ4v) is 4.29. The highest BCUT2D eigenvalue weighted by atomic mass is 16.5. The monoisotopic (exact) mass is 451 g/mol. The Balaban J connectivity index is 1.75. The van der Waals surface area contributed by atoms with E-state index in [2.05, 4.69) is 0 Å². The number of benzene rings is 2. The topological polar surface area (TPSA) is 85.3 Å². The first-order valence-corrected chi connectivity index (χ1v) is 11.3. The van der Waals surface area contributed by atoms with Gasteiger partial charge in [0, 0.05) is 18.7 Å². The predicted octanol–water partition coefficient (Wildman–Crippen LogP) is 4.08. The summed E-state index contributed by atoms with van der Waals surface area (Å²) in [7, 11) is 1.55. The van der Waals surface area contributed by atoms with Gasteiger partial charge in [0.1, 0.15) is 17.3 Å². The van der Waals surface area contributed by atoms with Crippen LogP contribution in [0, 0.1) is 0 Å². The standard InChI is InChI=1S/C26H29NO6/c1-3-14-32-20-12-6-17(7-13-20)23-22(24(28)18-8-10-19(31-2)11-9-18)25(29)26(30)27(23)16-21-5-4-15-33-21/h6-13,21,23,28H,3-5,14-16H2,1-2H3/b24-22+. The van der Waals surface area contributed by atoms with E-state index in [0.717, 1.165) is 24.8 Å². The predicted molar refractivity (Wildman–Crippen MR) is 123 cm³/mol. The smallest absolute Gasteiger partial charge is 0.295 e. The lowest BCUT2D eigenvalue weighted by molar-refractivity contribution is -0.140. The summed E-state index contributed by atoms with van der Waals surface area (Å²) in [5.74, 6) is -0.187. The summed E-state index contributed by atoms with van der Waals surface area (Å²) in [6, 6.07) is 13.3. The van der Waals surface area contributed by atoms with Crippen molar-refractivity contribution >= 4 is 17.4 Å². The number of ketones is 1. The van der Waals surface area contributed by atoms with Crippen molar-refractivity contribution in [1.29, 1.82) is 0 Å². The van der Waals surface area contributed by atoms with Gasteiger partial charge in [0.2, 0.25) is 0 Å². The van der Waals surface area contributed by atoms with Crippen molar-refractivity contribution in [3.63, 3.8) is 0 Å². The van der Waals surface area contributed by atoms with E-state index >= 15 is 0 Å². The van der Waals surface area contributed by atoms with E-state index in [9.17, 15) is 14.7 Å². The largest absolute Gasteiger partial charge is 0.507 e. The minimum Gasteiger partial charge on any atom is -0.507 e. The second-order valence-corrected chi connectivity index (χ2v) is 8.23. The normalized spacial score (nSPS) is 22.1. The van der Waals surface area contributed by atoms with E-state index in [0.29, 0.717) is 36.8 Å². The van der Waals surface area contributed by atoms with Crippen LogP contribution >= 0.6 is 0 Å². The number of hydrogen-bond donors (Lipinski definition) is 1. The molecule has 2 aromatic rings. The summed E-state index contributed by atoms with van der Waals surface area (Å²) in [5, 5.41) is 11.1. The number of methoxy groups -OCH3 is 1. The van der Waals surface area contributed by atoms with Crippen LogP contribution in [-0.4, -0.2) is 54.7 Å². The first-order chi connectivity index (χ1) is 16.0. The summed E-state index contributed by atoms with van der Waals surface area (Å²) in [5.41, 5.74) is 1.25. The molecule has 2 aliphatic rings. The number of aliphatic hydroxyl groups is 1. The van der Waals surface area contributed by atoms with Gasteiger partial charge < -0.3 is 24.2 Å². The number of hydrogen-bond acceptors (Lipinski definition) is 6. The van der Waals surface area contributed by atoms with Gasteiger partial charge in [0.05, 0.1) is 31.4 Å². The first-order valence-electron chi connectivity index (χ1n) is 11.3. The Morgan fingerprint density at radius 2 is 1.79 bits per heavy atom. The number of Topliss-reactive ketones (excluding diaryl/α,β-unsaturated/α-hetero) is 1. The minimum absolute atomic E-state index is 0.0744. The van der Waals surface area contributed by atoms with Gasteiger partial charge in [-0.3, -0.25) is 9.59 Å². The number of carbonyl (C=O) groups excluding carboxylic acids is 2. The maximum absolute atomic E-state index is 13.1. The van der Waals surface area contributed by atoms with E-state index in [1.165, 1.54) is 4.90 Å². The molecule has 0 aromatic heterocycles. The van der Waals surface area contributed by atoms with E-state index in [4.69, 9.17) is 14.2 Å². The molecule has 2 atom stereocenters. The van der Waals surface area contributed by atoms with Crippen LogP contribution in [0.1, 0.15) is 43.4 Å². The van der Waals surface area contributed by atoms with Gasteiger partial charge >= 0.3 is 0 Å². The number of ether oxygens (including phenoxy) is 3. The first kappa shape index (κ1) is 22.9. The van der Waals surface area contributed by atoms with Gasteiger partial charge in [-0.15, -0.1) is 0 Å². The van der Waals surface area contributed by atoms with Gasteiger partial charge in [0.15, 0.2) is 0 Å². The van der Waals surface area contributed by atoms with Crippen molar-refractivity contribution in [2.24, 2.45) is 0 Å². The van der Waals surface area contributed by atoms with Gasteiger partial charge in [-0.05, 0) is 61.2 Å². The highest BCUT2D eigenvalue weighted by Gasteiger charge is 2.47. The second-order valence-electron chi connectivity index (χ2n) is 8.23. The Morgan fingerprint density at radius 3 is 2.39 bits per heavy atom. The zero-order valence-corrected chi connectivity index (χ0v) is 19.0. The maximum Gasteiger partial charge on any atom is 0.295 e. The lowest BCUT2D eigenvalue weighted by atomic mass is 9.95. The highest BCUT2D eigenvalue weighted by molar-refractivity contribution is 6.46. The van der Waals surface area contributed by atoms with Crippen LogP contribution in [0.15, 0.2) is 54.1 Å². The van der Waals surface area contributed by atoms with Crippen molar-refractivity contribution in [3.8, 4) is 11.5 Å². The fourth-order valence-electron chi connectivity index (χ4n) is 4.29. The summed E-state index contributed by atoms with van der Waals surface area (Å²) in [6.07, 6.45) is 2.52. The molecule has 7 nitrogen and oxygen atoms in total. The average Bonchev–Trinajstić information content (AvgIpc) is 3.45. The zero-order valence-electron chi connectivity index (χ0n) is 19.0. The van der Waals surface area contributed by atoms with E-state index < -0.39 is 17.7 Å². The van der Waals surface area contributed by atoms with Crippen molar-refractivity contribution in [2.75, 3.05) is 26.9 Å². The molecule has 7 heteroatoms. The molecule has 1 N–H and O–H groups in total. The molecular formula is C26H29NO6. The van der Waals surface area contributed by atoms with E-state index in [1.54, 1.807) is 31.4 Å². The lowest BCUT2D eigenvalue weighted by Gasteiger charge is -2.27. The Kier molecular flexibility index (Phi) is 6.99. The third-order valence-electron chi connectivity index (χ3n) is 6.00. The minimum atomic E-state index is -0.712. The third kappa shape index (κ3) is 4.73. The SMILES string of the molecule is CCCOc1ccc(C2/C(=C(\O)c3ccc(OC)cc3)C(=O)C(=O)N2CC2CCCO2)cc1. The summed E-state index contributed by atoms with van der Waals surface area (Å²) in [6.45, 7) is 3.58. The molecule has 2 saturated heterocycles. The zero-order chi connectivity index (χ0) is 23.4. The molecule has 4 rings (SSSR count). The van der Waals surface area contributed by atoms with Gasteiger partial charge in [0.25, 0.3) is 11.7 Å². The number of rotatable bonds is 8. The molecule has 0 radical (unpaired) electrons. The Labute approximate surface area is 193 Å². The molecule has 174 valence electrons. The van der Waals surface area contributed by atoms with Crippen molar-refractivity contribution in [2.45, 2.75) is 38.3 Å². The molecule has 33 heavy (non-hydrogen) atoms. The highest BCUT2D eigenvalue weighted by Crippen LogP contribution is 2.40. The molecule has 2 heterocycles. The van der Waals surface area contributed by atoms with Crippen LogP contribution in [0.3, 0.4) is 0 Å².